The van der Waals surface area contributed by atoms with Crippen LogP contribution in [0.3, 0.4) is 0 Å². The molecule has 0 aliphatic heterocycles. The smallest absolute Gasteiger partial charge is 0.407 e. The number of carbonyl (C=O) groups excluding carboxylic acids is 1. The molecule has 13 heteroatoms. The van der Waals surface area contributed by atoms with Crippen LogP contribution in [0.2, 0.25) is 0 Å². The molecule has 240 valence electrons. The lowest BCUT2D eigenvalue weighted by Crippen LogP contribution is -2.35. The average molecular weight is 586 g/mol. The van der Waals surface area contributed by atoms with E-state index in [1.165, 1.54) is 0 Å². The lowest BCUT2D eigenvalue weighted by atomic mass is 10.2. The second-order valence-electron chi connectivity index (χ2n) is 8.47. The van der Waals surface area contributed by atoms with Crippen molar-refractivity contribution in [2.45, 2.75) is 32.3 Å². The van der Waals surface area contributed by atoms with Crippen LogP contribution in [-0.4, -0.2) is 152 Å². The lowest BCUT2D eigenvalue weighted by molar-refractivity contribution is -0.0535. The van der Waals surface area contributed by atoms with Crippen molar-refractivity contribution >= 4 is 6.09 Å². The highest BCUT2D eigenvalue weighted by Crippen LogP contribution is 1.99. The first-order valence-electron chi connectivity index (χ1n) is 14.3. The molecule has 13 nitrogen and oxygen atoms in total. The van der Waals surface area contributed by atoms with Gasteiger partial charge in [0, 0.05) is 20.8 Å². The minimum atomic E-state index is -0.547. The van der Waals surface area contributed by atoms with E-state index in [2.05, 4.69) is 12.2 Å². The van der Waals surface area contributed by atoms with Gasteiger partial charge in [0.1, 0.15) is 0 Å². The van der Waals surface area contributed by atoms with Gasteiger partial charge in [-0.1, -0.05) is 19.8 Å². The Bertz CT molecular complexity index is 474. The Morgan fingerprint density at radius 2 is 0.875 bits per heavy atom. The van der Waals surface area contributed by atoms with E-state index >= 15 is 0 Å². The summed E-state index contributed by atoms with van der Waals surface area (Å²) in [6.45, 7) is 10.8. The molecule has 0 unspecified atom stereocenters. The SMILES string of the molecule is CCCCCNC(=O)OC(COCCOCCOCCOCCOC)COCCOCCOCCOCCOC. The van der Waals surface area contributed by atoms with Crippen molar-refractivity contribution in [2.24, 2.45) is 0 Å². The number of unbranched alkanes of at least 4 members (excludes halogenated alkanes) is 2. The summed E-state index contributed by atoms with van der Waals surface area (Å²) in [5.41, 5.74) is 0. The van der Waals surface area contributed by atoms with E-state index in [4.69, 9.17) is 52.1 Å². The molecular weight excluding hydrogens is 530 g/mol. The number of rotatable bonds is 33. The molecule has 1 N–H and O–H groups in total. The van der Waals surface area contributed by atoms with Crippen LogP contribution in [0.15, 0.2) is 0 Å². The first kappa shape index (κ1) is 38.9. The van der Waals surface area contributed by atoms with Crippen LogP contribution in [0, 0.1) is 0 Å². The van der Waals surface area contributed by atoms with Gasteiger partial charge in [-0.15, -0.1) is 0 Å². The van der Waals surface area contributed by atoms with Gasteiger partial charge in [0.25, 0.3) is 0 Å². The number of methoxy groups -OCH3 is 2. The molecule has 0 saturated heterocycles. The van der Waals surface area contributed by atoms with E-state index in [-0.39, 0.29) is 13.2 Å². The van der Waals surface area contributed by atoms with Gasteiger partial charge in [0.15, 0.2) is 6.10 Å². The molecule has 0 aromatic rings. The summed E-state index contributed by atoms with van der Waals surface area (Å²) < 4.78 is 59.0. The van der Waals surface area contributed by atoms with E-state index in [1.807, 2.05) is 0 Å². The third kappa shape index (κ3) is 31.4. The van der Waals surface area contributed by atoms with Gasteiger partial charge in [-0.25, -0.2) is 4.79 Å². The molecule has 0 rings (SSSR count). The molecule has 0 aromatic carbocycles. The molecule has 0 spiro atoms. The molecule has 0 aliphatic carbocycles. The molecule has 0 heterocycles. The van der Waals surface area contributed by atoms with E-state index in [9.17, 15) is 4.79 Å². The lowest BCUT2D eigenvalue weighted by Gasteiger charge is -2.19. The second kappa shape index (κ2) is 34.1. The number of carbonyl (C=O) groups is 1. The van der Waals surface area contributed by atoms with Crippen molar-refractivity contribution in [1.82, 2.24) is 5.32 Å². The fourth-order valence-corrected chi connectivity index (χ4v) is 2.91. The van der Waals surface area contributed by atoms with Crippen molar-refractivity contribution in [2.75, 3.05) is 140 Å². The normalized spacial score (nSPS) is 11.4. The van der Waals surface area contributed by atoms with Crippen LogP contribution >= 0.6 is 0 Å². The summed E-state index contributed by atoms with van der Waals surface area (Å²) in [4.78, 5) is 12.1. The number of hydrogen-bond donors (Lipinski definition) is 1. The summed E-state index contributed by atoms with van der Waals surface area (Å²) in [6.07, 6.45) is 2.01. The average Bonchev–Trinajstić information content (AvgIpc) is 2.95. The highest BCUT2D eigenvalue weighted by atomic mass is 16.6. The predicted octanol–water partition coefficient (Wildman–Crippen LogP) is 1.70. The number of nitrogens with one attached hydrogen (secondary N) is 1. The first-order chi connectivity index (χ1) is 19.7. The molecule has 0 fully saturated rings. The Morgan fingerprint density at radius 3 is 1.23 bits per heavy atom. The minimum absolute atomic E-state index is 0.197. The Hall–Kier alpha value is -1.13. The standard InChI is InChI=1S/C27H55NO12/c1-4-5-6-7-28-27(29)40-26(24-38-22-20-36-18-16-34-14-12-32-10-8-30-2)25-39-23-21-37-19-17-35-15-13-33-11-9-31-3/h26H,4-25H2,1-3H3,(H,28,29). The van der Waals surface area contributed by atoms with Crippen LogP contribution in [0.25, 0.3) is 0 Å². The summed E-state index contributed by atoms with van der Waals surface area (Å²) in [6, 6.07) is 0. The molecule has 0 aliphatic rings. The van der Waals surface area contributed by atoms with Crippen molar-refractivity contribution in [3.63, 3.8) is 0 Å². The largest absolute Gasteiger partial charge is 0.441 e. The van der Waals surface area contributed by atoms with Crippen molar-refractivity contribution in [3.05, 3.63) is 0 Å². The molecule has 0 bridgehead atoms. The molecule has 0 atom stereocenters. The molecule has 0 aromatic heterocycles. The Kier molecular flexibility index (Phi) is 33.1. The summed E-state index contributed by atoms with van der Waals surface area (Å²) in [5.74, 6) is 0. The Balaban J connectivity index is 3.90. The summed E-state index contributed by atoms with van der Waals surface area (Å²) >= 11 is 0. The molecule has 40 heavy (non-hydrogen) atoms. The maximum Gasteiger partial charge on any atom is 0.407 e. The fraction of sp³-hybridized carbons (Fsp3) is 0.963. The van der Waals surface area contributed by atoms with Gasteiger partial charge < -0.3 is 57.4 Å². The van der Waals surface area contributed by atoms with Gasteiger partial charge >= 0.3 is 6.09 Å². The van der Waals surface area contributed by atoms with Crippen LogP contribution in [0.5, 0.6) is 0 Å². The van der Waals surface area contributed by atoms with Crippen molar-refractivity contribution in [1.29, 1.82) is 0 Å². The predicted molar refractivity (Wildman–Crippen MR) is 148 cm³/mol. The number of alkyl carbamates (subject to hydrolysis) is 1. The molecule has 0 radical (unpaired) electrons. The molecule has 0 saturated carbocycles. The monoisotopic (exact) mass is 585 g/mol. The van der Waals surface area contributed by atoms with Gasteiger partial charge in [0.2, 0.25) is 0 Å². The van der Waals surface area contributed by atoms with Gasteiger partial charge in [-0.05, 0) is 6.42 Å². The van der Waals surface area contributed by atoms with Gasteiger partial charge in [0.05, 0.1) is 119 Å². The zero-order valence-corrected chi connectivity index (χ0v) is 25.0. The maximum atomic E-state index is 12.1. The fourth-order valence-electron chi connectivity index (χ4n) is 2.91. The van der Waals surface area contributed by atoms with E-state index in [1.54, 1.807) is 14.2 Å². The summed E-state index contributed by atoms with van der Waals surface area (Å²) in [7, 11) is 3.27. The zero-order chi connectivity index (χ0) is 29.2. The quantitative estimate of drug-likeness (QED) is 0.113. The molecule has 1 amide bonds. The topological polar surface area (TPSA) is 131 Å². The first-order valence-corrected chi connectivity index (χ1v) is 14.3. The highest BCUT2D eigenvalue weighted by molar-refractivity contribution is 5.67. The third-order valence-electron chi connectivity index (χ3n) is 5.03. The van der Waals surface area contributed by atoms with Crippen LogP contribution in [0.1, 0.15) is 26.2 Å². The minimum Gasteiger partial charge on any atom is -0.441 e. The number of ether oxygens (including phenoxy) is 11. The maximum absolute atomic E-state index is 12.1. The Labute approximate surface area is 240 Å². The van der Waals surface area contributed by atoms with E-state index < -0.39 is 12.2 Å². The number of hydrogen-bond acceptors (Lipinski definition) is 12. The molecular formula is C27H55NO12. The van der Waals surface area contributed by atoms with Crippen LogP contribution in [0.4, 0.5) is 4.79 Å². The van der Waals surface area contributed by atoms with Crippen molar-refractivity contribution < 1.29 is 56.9 Å². The van der Waals surface area contributed by atoms with Gasteiger partial charge in [-0.2, -0.15) is 0 Å². The Morgan fingerprint density at radius 1 is 0.525 bits per heavy atom. The number of amides is 1. The van der Waals surface area contributed by atoms with Crippen LogP contribution < -0.4 is 5.32 Å². The zero-order valence-electron chi connectivity index (χ0n) is 25.0. The van der Waals surface area contributed by atoms with E-state index in [0.29, 0.717) is 112 Å². The van der Waals surface area contributed by atoms with Crippen LogP contribution in [-0.2, 0) is 52.1 Å². The second-order valence-corrected chi connectivity index (χ2v) is 8.47. The van der Waals surface area contributed by atoms with E-state index in [0.717, 1.165) is 19.3 Å². The van der Waals surface area contributed by atoms with Crippen molar-refractivity contribution in [3.8, 4) is 0 Å². The van der Waals surface area contributed by atoms with Gasteiger partial charge in [-0.3, -0.25) is 0 Å². The third-order valence-corrected chi connectivity index (χ3v) is 5.03. The summed E-state index contributed by atoms with van der Waals surface area (Å²) in [5, 5.41) is 2.77. The highest BCUT2D eigenvalue weighted by Gasteiger charge is 2.15.